The van der Waals surface area contributed by atoms with E-state index in [2.05, 4.69) is 10.3 Å². The maximum absolute atomic E-state index is 13.1. The molecule has 0 saturated carbocycles. The highest BCUT2D eigenvalue weighted by Crippen LogP contribution is 2.25. The first-order chi connectivity index (χ1) is 15.1. The van der Waals surface area contributed by atoms with E-state index in [0.717, 1.165) is 10.9 Å². The molecule has 0 saturated heterocycles. The summed E-state index contributed by atoms with van der Waals surface area (Å²) in [6.45, 7) is 0.699. The summed E-state index contributed by atoms with van der Waals surface area (Å²) in [4.78, 5) is 33.5. The van der Waals surface area contributed by atoms with Gasteiger partial charge >= 0.3 is 0 Å². The number of hydrogen-bond acceptors (Lipinski definition) is 6. The molecule has 0 bridgehead atoms. The predicted octanol–water partition coefficient (Wildman–Crippen LogP) is 3.26. The van der Waals surface area contributed by atoms with Crippen molar-refractivity contribution in [2.45, 2.75) is 11.7 Å². The van der Waals surface area contributed by atoms with Crippen molar-refractivity contribution in [2.24, 2.45) is 0 Å². The molecule has 9 heteroatoms. The Labute approximate surface area is 182 Å². The molecule has 0 unspecified atom stereocenters. The minimum absolute atomic E-state index is 0.102. The second-order valence-electron chi connectivity index (χ2n) is 6.81. The number of aromatic amines is 1. The number of methoxy groups -OCH3 is 2. The molecule has 4 rings (SSSR count). The number of thioether (sulfide) groups is 1. The summed E-state index contributed by atoms with van der Waals surface area (Å²) in [5, 5.41) is 4.18. The van der Waals surface area contributed by atoms with Crippen LogP contribution in [-0.4, -0.2) is 47.0 Å². The summed E-state index contributed by atoms with van der Waals surface area (Å²) in [5.74, 6) is 0.556. The highest BCUT2D eigenvalue weighted by Gasteiger charge is 2.17. The molecule has 1 amide bonds. The van der Waals surface area contributed by atoms with Crippen molar-refractivity contribution < 1.29 is 14.3 Å². The zero-order chi connectivity index (χ0) is 21.8. The summed E-state index contributed by atoms with van der Waals surface area (Å²) < 4.78 is 11.9. The van der Waals surface area contributed by atoms with Gasteiger partial charge in [-0.2, -0.15) is 0 Å². The Morgan fingerprint density at radius 3 is 2.84 bits per heavy atom. The molecule has 160 valence electrons. The second kappa shape index (κ2) is 9.23. The summed E-state index contributed by atoms with van der Waals surface area (Å²) in [6.07, 6.45) is 0. The van der Waals surface area contributed by atoms with Crippen molar-refractivity contribution in [1.29, 1.82) is 0 Å². The number of hydrogen-bond donors (Lipinski definition) is 2. The molecule has 0 aliphatic carbocycles. The van der Waals surface area contributed by atoms with Crippen molar-refractivity contribution in [2.75, 3.05) is 31.9 Å². The van der Waals surface area contributed by atoms with Crippen molar-refractivity contribution in [3.05, 3.63) is 58.9 Å². The molecule has 0 radical (unpaired) electrons. The standard InChI is InChI=1S/C22H22N4O4S/c1-29-11-10-26-21(28)20-19(16-8-3-4-9-17(16)24-20)25-22(26)31-13-18(27)23-14-6-5-7-15(12-14)30-2/h3-9,12,24H,10-11,13H2,1-2H3,(H,23,27). The second-order valence-corrected chi connectivity index (χ2v) is 7.75. The van der Waals surface area contributed by atoms with Crippen LogP contribution in [0, 0.1) is 0 Å². The van der Waals surface area contributed by atoms with Crippen LogP contribution in [0.1, 0.15) is 0 Å². The summed E-state index contributed by atoms with van der Waals surface area (Å²) in [7, 11) is 3.15. The van der Waals surface area contributed by atoms with Gasteiger partial charge in [-0.3, -0.25) is 14.2 Å². The molecule has 2 N–H and O–H groups in total. The van der Waals surface area contributed by atoms with Gasteiger partial charge in [0.15, 0.2) is 5.16 Å². The number of para-hydroxylation sites is 1. The number of ether oxygens (including phenoxy) is 2. The molecule has 31 heavy (non-hydrogen) atoms. The third kappa shape index (κ3) is 4.42. The first kappa shape index (κ1) is 21.0. The topological polar surface area (TPSA) is 98.2 Å². The fourth-order valence-electron chi connectivity index (χ4n) is 3.29. The minimum atomic E-state index is -0.204. The minimum Gasteiger partial charge on any atom is -0.497 e. The lowest BCUT2D eigenvalue weighted by Crippen LogP contribution is -2.26. The van der Waals surface area contributed by atoms with Gasteiger partial charge in [-0.15, -0.1) is 0 Å². The quantitative estimate of drug-likeness (QED) is 0.324. The zero-order valence-electron chi connectivity index (χ0n) is 17.2. The van der Waals surface area contributed by atoms with Crippen molar-refractivity contribution >= 4 is 45.3 Å². The van der Waals surface area contributed by atoms with Gasteiger partial charge in [-0.25, -0.2) is 4.98 Å². The van der Waals surface area contributed by atoms with E-state index in [4.69, 9.17) is 14.5 Å². The van der Waals surface area contributed by atoms with E-state index >= 15 is 0 Å². The third-order valence-corrected chi connectivity index (χ3v) is 5.76. The molecule has 0 aliphatic heterocycles. The number of H-pyrrole nitrogens is 1. The van der Waals surface area contributed by atoms with Crippen molar-refractivity contribution in [3.63, 3.8) is 0 Å². The third-order valence-electron chi connectivity index (χ3n) is 4.78. The Balaban J connectivity index is 1.62. The smallest absolute Gasteiger partial charge is 0.278 e. The van der Waals surface area contributed by atoms with Crippen molar-refractivity contribution in [1.82, 2.24) is 14.5 Å². The molecule has 2 aromatic heterocycles. The fraction of sp³-hybridized carbons (Fsp3) is 0.227. The van der Waals surface area contributed by atoms with E-state index in [1.165, 1.54) is 11.8 Å². The van der Waals surface area contributed by atoms with Crippen LogP contribution in [0.25, 0.3) is 21.9 Å². The van der Waals surface area contributed by atoms with E-state index in [0.29, 0.717) is 40.8 Å². The Morgan fingerprint density at radius 2 is 2.03 bits per heavy atom. The zero-order valence-corrected chi connectivity index (χ0v) is 18.0. The first-order valence-electron chi connectivity index (χ1n) is 9.67. The highest BCUT2D eigenvalue weighted by molar-refractivity contribution is 7.99. The summed E-state index contributed by atoms with van der Waals surface area (Å²) in [6, 6.07) is 14.8. The maximum Gasteiger partial charge on any atom is 0.278 e. The van der Waals surface area contributed by atoms with E-state index in [1.54, 1.807) is 43.1 Å². The molecule has 8 nitrogen and oxygen atoms in total. The molecule has 0 aliphatic rings. The van der Waals surface area contributed by atoms with Crippen LogP contribution in [0.5, 0.6) is 5.75 Å². The molecular formula is C22H22N4O4S. The van der Waals surface area contributed by atoms with Gasteiger partial charge in [0.1, 0.15) is 16.8 Å². The van der Waals surface area contributed by atoms with Gasteiger partial charge in [-0.1, -0.05) is 36.0 Å². The number of nitrogens with zero attached hydrogens (tertiary/aromatic N) is 2. The van der Waals surface area contributed by atoms with Gasteiger partial charge in [0.05, 0.1) is 26.0 Å². The Bertz CT molecular complexity index is 1300. The highest BCUT2D eigenvalue weighted by atomic mass is 32.2. The molecule has 2 heterocycles. The maximum atomic E-state index is 13.1. The monoisotopic (exact) mass is 438 g/mol. The van der Waals surface area contributed by atoms with Gasteiger partial charge in [0, 0.05) is 29.8 Å². The van der Waals surface area contributed by atoms with Crippen LogP contribution >= 0.6 is 11.8 Å². The lowest BCUT2D eigenvalue weighted by Gasteiger charge is -2.12. The SMILES string of the molecule is COCCn1c(SCC(=O)Nc2cccc(OC)c2)nc2c([nH]c3ccccc32)c1=O. The largest absolute Gasteiger partial charge is 0.497 e. The van der Waals surface area contributed by atoms with Crippen LogP contribution in [0.4, 0.5) is 5.69 Å². The van der Waals surface area contributed by atoms with Gasteiger partial charge in [0.2, 0.25) is 5.91 Å². The Kier molecular flexibility index (Phi) is 6.24. The van der Waals surface area contributed by atoms with Crippen LogP contribution in [-0.2, 0) is 16.1 Å². The summed E-state index contributed by atoms with van der Waals surface area (Å²) in [5.41, 5.74) is 2.35. The number of amides is 1. The van der Waals surface area contributed by atoms with Crippen LogP contribution in [0.2, 0.25) is 0 Å². The van der Waals surface area contributed by atoms with Crippen LogP contribution in [0.15, 0.2) is 58.5 Å². The van der Waals surface area contributed by atoms with Crippen LogP contribution < -0.4 is 15.6 Å². The van der Waals surface area contributed by atoms with E-state index < -0.39 is 0 Å². The van der Waals surface area contributed by atoms with Gasteiger partial charge in [0.25, 0.3) is 5.56 Å². The fourth-order valence-corrected chi connectivity index (χ4v) is 4.11. The number of carbonyl (C=O) groups excluding carboxylic acids is 1. The molecule has 0 spiro atoms. The number of fused-ring (bicyclic) bond motifs is 3. The van der Waals surface area contributed by atoms with E-state index in [9.17, 15) is 9.59 Å². The Morgan fingerprint density at radius 1 is 1.19 bits per heavy atom. The van der Waals surface area contributed by atoms with Crippen molar-refractivity contribution in [3.8, 4) is 5.75 Å². The Hall–Kier alpha value is -3.30. The number of nitrogens with one attached hydrogen (secondary N) is 2. The number of anilines is 1. The summed E-state index contributed by atoms with van der Waals surface area (Å²) >= 11 is 1.21. The van der Waals surface area contributed by atoms with Crippen LogP contribution in [0.3, 0.4) is 0 Å². The average molecular weight is 439 g/mol. The molecule has 0 fully saturated rings. The molecule has 4 aromatic rings. The average Bonchev–Trinajstić information content (AvgIpc) is 3.16. The predicted molar refractivity (Wildman–Crippen MR) is 122 cm³/mol. The number of carbonyl (C=O) groups is 1. The van der Waals surface area contributed by atoms with E-state index in [1.807, 2.05) is 24.3 Å². The van der Waals surface area contributed by atoms with Gasteiger partial charge in [-0.05, 0) is 18.2 Å². The lowest BCUT2D eigenvalue weighted by molar-refractivity contribution is -0.113. The first-order valence-corrected chi connectivity index (χ1v) is 10.7. The number of aromatic nitrogens is 3. The molecular weight excluding hydrogens is 416 g/mol. The lowest BCUT2D eigenvalue weighted by atomic mass is 10.2. The molecule has 2 aromatic carbocycles. The normalized spacial score (nSPS) is 11.2. The molecule has 0 atom stereocenters. The van der Waals surface area contributed by atoms with Gasteiger partial charge < -0.3 is 19.8 Å². The number of benzene rings is 2. The number of rotatable bonds is 8. The van der Waals surface area contributed by atoms with E-state index in [-0.39, 0.29) is 17.2 Å².